The Bertz CT molecular complexity index is 1170. The Morgan fingerprint density at radius 3 is 2.16 bits per heavy atom. The molecule has 7 nitrogen and oxygen atoms in total. The highest BCUT2D eigenvalue weighted by Gasteiger charge is 2.52. The third kappa shape index (κ3) is 5.64. The molecule has 12 heteroatoms. The molecule has 3 N–H and O–H groups in total. The highest BCUT2D eigenvalue weighted by atomic mass is 19.4. The van der Waals surface area contributed by atoms with E-state index in [0.717, 1.165) is 53.1 Å². The zero-order valence-electron chi connectivity index (χ0n) is 20.9. The van der Waals surface area contributed by atoms with Crippen molar-refractivity contribution in [2.24, 2.45) is 17.8 Å². The van der Waals surface area contributed by atoms with E-state index in [9.17, 15) is 26.7 Å². The zero-order chi connectivity index (χ0) is 27.3. The smallest absolute Gasteiger partial charge is 0.430 e. The zero-order valence-corrected chi connectivity index (χ0v) is 20.9. The number of rotatable bonds is 4. The monoisotopic (exact) mass is 545 g/mol. The molecule has 0 aromatic carbocycles. The summed E-state index contributed by atoms with van der Waals surface area (Å²) in [6.45, 7) is 1.55. The van der Waals surface area contributed by atoms with Gasteiger partial charge in [0.1, 0.15) is 12.5 Å². The van der Waals surface area contributed by atoms with Crippen LogP contribution in [0.5, 0.6) is 0 Å². The van der Waals surface area contributed by atoms with Crippen molar-refractivity contribution in [2.75, 3.05) is 13.1 Å². The van der Waals surface area contributed by atoms with Crippen LogP contribution >= 0.6 is 0 Å². The number of halogens is 5. The maximum absolute atomic E-state index is 13.6. The van der Waals surface area contributed by atoms with Crippen LogP contribution in [0.2, 0.25) is 0 Å². The Kier molecular flexibility index (Phi) is 6.90. The van der Waals surface area contributed by atoms with E-state index in [1.54, 1.807) is 0 Å². The highest BCUT2D eigenvalue weighted by Crippen LogP contribution is 2.55. The summed E-state index contributed by atoms with van der Waals surface area (Å²) in [6, 6.07) is 5.90. The van der Waals surface area contributed by atoms with Gasteiger partial charge in [0, 0.05) is 6.97 Å². The van der Waals surface area contributed by atoms with E-state index in [2.05, 4.69) is 10.3 Å². The van der Waals surface area contributed by atoms with Gasteiger partial charge in [-0.05, 0) is 68.4 Å². The second-order valence-electron chi connectivity index (χ2n) is 11.6. The first kappa shape index (κ1) is 26.8. The topological polar surface area (TPSA) is 93.6 Å². The molecule has 2 aromatic rings. The lowest BCUT2D eigenvalue weighted by Gasteiger charge is -2.56. The van der Waals surface area contributed by atoms with Crippen molar-refractivity contribution in [3.63, 3.8) is 0 Å². The van der Waals surface area contributed by atoms with Gasteiger partial charge in [-0.2, -0.15) is 17.6 Å². The molecule has 4 saturated carbocycles. The van der Waals surface area contributed by atoms with E-state index < -0.39 is 18.1 Å². The van der Waals surface area contributed by atoms with Crippen molar-refractivity contribution in [1.29, 1.82) is 0 Å². The molecule has 0 radical (unpaired) electrons. The summed E-state index contributed by atoms with van der Waals surface area (Å²) >= 11 is 0. The number of quaternary nitrogens is 1. The number of nitrogens with zero attached hydrogens (tertiary/aromatic N) is 1. The number of likely N-dealkylation sites (tertiary alicyclic amines) is 1. The molecule has 5 aliphatic rings. The number of carboxylic acids is 1. The van der Waals surface area contributed by atoms with E-state index in [0.29, 0.717) is 25.5 Å². The third-order valence-corrected chi connectivity index (χ3v) is 8.66. The largest absolute Gasteiger partial charge is 0.542 e. The van der Waals surface area contributed by atoms with E-state index in [1.165, 1.54) is 19.3 Å². The molecule has 3 heterocycles. The van der Waals surface area contributed by atoms with Gasteiger partial charge >= 0.3 is 17.9 Å². The number of carbonyl (C=O) groups excluding carboxylic acids is 2. The van der Waals surface area contributed by atoms with E-state index >= 15 is 0 Å². The Hall–Kier alpha value is -2.76. The van der Waals surface area contributed by atoms with Gasteiger partial charge in [0.25, 0.3) is 5.92 Å². The summed E-state index contributed by atoms with van der Waals surface area (Å²) in [5, 5.41) is 12.2. The van der Waals surface area contributed by atoms with Crippen LogP contribution in [-0.4, -0.2) is 47.6 Å². The number of imidazole rings is 1. The van der Waals surface area contributed by atoms with Crippen molar-refractivity contribution in [3.05, 3.63) is 35.9 Å². The fourth-order valence-electron chi connectivity index (χ4n) is 7.41. The third-order valence-electron chi connectivity index (χ3n) is 8.66. The molecule has 5 fully saturated rings. The van der Waals surface area contributed by atoms with Gasteiger partial charge in [-0.1, -0.05) is 6.07 Å². The van der Waals surface area contributed by atoms with Gasteiger partial charge in [-0.25, -0.2) is 13.8 Å². The van der Waals surface area contributed by atoms with Gasteiger partial charge in [0.2, 0.25) is 5.69 Å². The molecule has 7 rings (SSSR count). The van der Waals surface area contributed by atoms with Crippen LogP contribution in [0.15, 0.2) is 24.4 Å². The van der Waals surface area contributed by atoms with Crippen LogP contribution < -0.4 is 19.7 Å². The second-order valence-corrected chi connectivity index (χ2v) is 11.6. The van der Waals surface area contributed by atoms with Crippen LogP contribution in [-0.2, 0) is 11.3 Å². The van der Waals surface area contributed by atoms with Crippen molar-refractivity contribution in [1.82, 2.24) is 10.3 Å². The second kappa shape index (κ2) is 9.77. The first-order chi connectivity index (χ1) is 17.8. The number of fused-ring (bicyclic) bond motifs is 1. The Morgan fingerprint density at radius 2 is 1.63 bits per heavy atom. The Morgan fingerprint density at radius 1 is 1.08 bits per heavy atom. The average Bonchev–Trinajstić information content (AvgIpc) is 3.18. The molecule has 2 aromatic heterocycles. The molecule has 4 bridgehead atoms. The normalized spacial score (nSPS) is 30.1. The molecule has 4 aliphatic carbocycles. The molecule has 1 amide bonds. The van der Waals surface area contributed by atoms with Gasteiger partial charge < -0.3 is 20.1 Å². The fraction of sp³-hybridized carbons (Fsp3) is 0.654. The van der Waals surface area contributed by atoms with E-state index in [4.69, 9.17) is 9.90 Å². The van der Waals surface area contributed by atoms with Gasteiger partial charge in [0.05, 0.1) is 32.1 Å². The fourth-order valence-corrected chi connectivity index (χ4v) is 7.41. The number of hydrogen-bond donors (Lipinski definition) is 3. The maximum atomic E-state index is 13.6. The number of aromatic nitrogens is 2. The number of aliphatic carboxylic acids is 1. The van der Waals surface area contributed by atoms with E-state index in [1.807, 2.05) is 28.8 Å². The molecular formula is C26H34F5N4O3+. The van der Waals surface area contributed by atoms with Crippen LogP contribution in [0.4, 0.5) is 22.0 Å². The quantitative estimate of drug-likeness (QED) is 0.404. The SMILES string of the molecule is O=C(NC12CC3CC(CC(C3)C1)C2)c1[nH]c(C[NH+]2CCC(F)(F)CC2)c2cccc[n+]12.O=C([O-])C(F)(F)F.[HH]. The summed E-state index contributed by atoms with van der Waals surface area (Å²) in [4.78, 5) is 26.8. The Labute approximate surface area is 217 Å². The molecule has 0 unspecified atom stereocenters. The number of pyridine rings is 1. The van der Waals surface area contributed by atoms with Crippen molar-refractivity contribution in [2.45, 2.75) is 75.5 Å². The first-order valence-electron chi connectivity index (χ1n) is 13.2. The Balaban J connectivity index is 0.000000394. The van der Waals surface area contributed by atoms with Crippen LogP contribution in [0.25, 0.3) is 5.52 Å². The van der Waals surface area contributed by atoms with Gasteiger partial charge in [-0.3, -0.25) is 4.79 Å². The van der Waals surface area contributed by atoms with Crippen molar-refractivity contribution >= 4 is 17.4 Å². The lowest BCUT2D eigenvalue weighted by atomic mass is 9.53. The summed E-state index contributed by atoms with van der Waals surface area (Å²) in [6.07, 6.45) is 3.99. The lowest BCUT2D eigenvalue weighted by molar-refractivity contribution is -0.921. The van der Waals surface area contributed by atoms with Crippen molar-refractivity contribution in [3.8, 4) is 0 Å². The number of carbonyl (C=O) groups is 2. The number of H-pyrrole nitrogens is 1. The average molecular weight is 546 g/mol. The summed E-state index contributed by atoms with van der Waals surface area (Å²) < 4.78 is 60.6. The van der Waals surface area contributed by atoms with Crippen LogP contribution in [0, 0.1) is 17.8 Å². The van der Waals surface area contributed by atoms with E-state index in [-0.39, 0.29) is 25.7 Å². The number of amides is 1. The van der Waals surface area contributed by atoms with Crippen LogP contribution in [0.1, 0.15) is 69.1 Å². The molecule has 1 aliphatic heterocycles. The number of alkyl halides is 5. The minimum absolute atomic E-state index is 0. The maximum Gasteiger partial charge on any atom is 0.430 e. The number of piperidine rings is 1. The standard InChI is InChI=1S/C24H30F2N4O.C2HF3O2.H2/c25-24(26)4-7-29(8-5-24)15-19-20-3-1-2-6-30(20)21(27-19)22(31)28-23-12-16-9-17(13-23)11-18(10-16)14-23;3-2(4,5)1(6)7;/h1-3,6,16-18H,4-5,7-15H2,(H,28,31);(H,6,7);1H/p+1. The number of hydrogen-bond acceptors (Lipinski definition) is 3. The van der Waals surface area contributed by atoms with Gasteiger partial charge in [0.15, 0.2) is 5.52 Å². The predicted octanol–water partition coefficient (Wildman–Crippen LogP) is 1.81. The minimum atomic E-state index is -5.19. The lowest BCUT2D eigenvalue weighted by Crippen LogP contribution is -3.12. The first-order valence-corrected chi connectivity index (χ1v) is 13.2. The molecule has 210 valence electrons. The predicted molar refractivity (Wildman–Crippen MR) is 124 cm³/mol. The molecule has 0 spiro atoms. The highest BCUT2D eigenvalue weighted by molar-refractivity contribution is 5.90. The number of aromatic amines is 1. The van der Waals surface area contributed by atoms with Gasteiger partial charge in [-0.15, -0.1) is 0 Å². The number of carboxylic acid groups (broad SMARTS) is 1. The molecule has 1 saturated heterocycles. The van der Waals surface area contributed by atoms with Crippen LogP contribution in [0.3, 0.4) is 0 Å². The molecule has 0 atom stereocenters. The summed E-state index contributed by atoms with van der Waals surface area (Å²) in [5.74, 6) is -2.69. The van der Waals surface area contributed by atoms with Crippen molar-refractivity contribution < 1.29 is 47.4 Å². The molecule has 38 heavy (non-hydrogen) atoms. The minimum Gasteiger partial charge on any atom is -0.542 e. The molecular weight excluding hydrogens is 511 g/mol. The summed E-state index contributed by atoms with van der Waals surface area (Å²) in [5.41, 5.74) is 1.88. The summed E-state index contributed by atoms with van der Waals surface area (Å²) in [7, 11) is 0. The number of nitrogens with one attached hydrogen (secondary N) is 3.